The van der Waals surface area contributed by atoms with E-state index in [4.69, 9.17) is 19.9 Å². The molecule has 2 N–H and O–H groups in total. The third-order valence-corrected chi connectivity index (χ3v) is 5.81. The second-order valence-electron chi connectivity index (χ2n) is 8.20. The first kappa shape index (κ1) is 24.3. The van der Waals surface area contributed by atoms with E-state index in [0.717, 1.165) is 17.7 Å². The molecule has 3 aromatic carbocycles. The van der Waals surface area contributed by atoms with Crippen molar-refractivity contribution in [2.45, 2.75) is 32.4 Å². The zero-order chi connectivity index (χ0) is 24.6. The molecule has 0 bridgehead atoms. The number of carbonyl (C=O) groups is 2. The predicted octanol–water partition coefficient (Wildman–Crippen LogP) is 4.13. The van der Waals surface area contributed by atoms with Crippen molar-refractivity contribution in [2.24, 2.45) is 5.73 Å². The van der Waals surface area contributed by atoms with Crippen LogP contribution in [0.1, 0.15) is 34.8 Å². The van der Waals surface area contributed by atoms with E-state index < -0.39 is 12.1 Å². The van der Waals surface area contributed by atoms with Crippen molar-refractivity contribution in [1.82, 2.24) is 0 Å². The van der Waals surface area contributed by atoms with Gasteiger partial charge in [0.1, 0.15) is 11.5 Å². The molecular formula is C28H30N2O5. The summed E-state index contributed by atoms with van der Waals surface area (Å²) in [5.74, 6) is 0.773. The number of rotatable bonds is 10. The van der Waals surface area contributed by atoms with E-state index in [2.05, 4.69) is 0 Å². The smallest absolute Gasteiger partial charge is 0.338 e. The Morgan fingerprint density at radius 2 is 1.77 bits per heavy atom. The highest BCUT2D eigenvalue weighted by Crippen LogP contribution is 2.36. The summed E-state index contributed by atoms with van der Waals surface area (Å²) in [4.78, 5) is 27.6. The van der Waals surface area contributed by atoms with E-state index in [1.165, 1.54) is 0 Å². The van der Waals surface area contributed by atoms with E-state index in [0.29, 0.717) is 42.1 Å². The van der Waals surface area contributed by atoms with Crippen LogP contribution < -0.4 is 20.1 Å². The fourth-order valence-electron chi connectivity index (χ4n) is 4.06. The van der Waals surface area contributed by atoms with E-state index in [9.17, 15) is 9.59 Å². The fraction of sp³-hybridized carbons (Fsp3) is 0.286. The second kappa shape index (κ2) is 11.5. The van der Waals surface area contributed by atoms with E-state index in [1.807, 2.05) is 60.7 Å². The zero-order valence-corrected chi connectivity index (χ0v) is 19.8. The van der Waals surface area contributed by atoms with Crippen LogP contribution in [0.2, 0.25) is 0 Å². The third-order valence-electron chi connectivity index (χ3n) is 5.81. The van der Waals surface area contributed by atoms with Crippen molar-refractivity contribution in [3.63, 3.8) is 0 Å². The monoisotopic (exact) mass is 474 g/mol. The van der Waals surface area contributed by atoms with Gasteiger partial charge in [0.15, 0.2) is 6.10 Å². The highest BCUT2D eigenvalue weighted by Gasteiger charge is 2.34. The van der Waals surface area contributed by atoms with Crippen LogP contribution in [0, 0.1) is 0 Å². The summed E-state index contributed by atoms with van der Waals surface area (Å²) >= 11 is 0. The summed E-state index contributed by atoms with van der Waals surface area (Å²) in [6.07, 6.45) is 0.503. The molecule has 0 aromatic heterocycles. The Morgan fingerprint density at radius 3 is 2.54 bits per heavy atom. The average molecular weight is 475 g/mol. The van der Waals surface area contributed by atoms with Crippen LogP contribution in [0.4, 0.5) is 5.69 Å². The molecule has 7 heteroatoms. The first-order chi connectivity index (χ1) is 17.1. The summed E-state index contributed by atoms with van der Waals surface area (Å²) in [5, 5.41) is 0. The molecule has 1 amide bonds. The zero-order valence-electron chi connectivity index (χ0n) is 19.8. The lowest BCUT2D eigenvalue weighted by Gasteiger charge is -2.34. The highest BCUT2D eigenvalue weighted by atomic mass is 16.5. The number of anilines is 1. The third kappa shape index (κ3) is 5.81. The second-order valence-corrected chi connectivity index (χ2v) is 8.20. The number of nitrogens with two attached hydrogens (primary N) is 1. The van der Waals surface area contributed by atoms with Gasteiger partial charge in [-0.05, 0) is 61.3 Å². The molecule has 0 fully saturated rings. The fourth-order valence-corrected chi connectivity index (χ4v) is 4.06. The molecule has 0 spiro atoms. The Hall–Kier alpha value is -3.84. The van der Waals surface area contributed by atoms with Crippen molar-refractivity contribution in [2.75, 3.05) is 24.7 Å². The Balaban J connectivity index is 1.49. The maximum absolute atomic E-state index is 13.5. The van der Waals surface area contributed by atoms with Gasteiger partial charge in [-0.3, -0.25) is 4.79 Å². The molecule has 4 rings (SSSR count). The largest absolute Gasteiger partial charge is 0.493 e. The van der Waals surface area contributed by atoms with Crippen LogP contribution in [0.25, 0.3) is 0 Å². The van der Waals surface area contributed by atoms with E-state index >= 15 is 0 Å². The van der Waals surface area contributed by atoms with Crippen LogP contribution in [-0.2, 0) is 22.5 Å². The molecule has 7 nitrogen and oxygen atoms in total. The first-order valence-corrected chi connectivity index (χ1v) is 11.8. The van der Waals surface area contributed by atoms with E-state index in [1.54, 1.807) is 24.0 Å². The van der Waals surface area contributed by atoms with Gasteiger partial charge in [0.05, 0.1) is 31.0 Å². The van der Waals surface area contributed by atoms with Gasteiger partial charge < -0.3 is 24.8 Å². The minimum Gasteiger partial charge on any atom is -0.493 e. The number of amides is 1. The molecule has 1 heterocycles. The number of hydrogen-bond donors (Lipinski definition) is 1. The van der Waals surface area contributed by atoms with Gasteiger partial charge in [0, 0.05) is 6.42 Å². The lowest BCUT2D eigenvalue weighted by molar-refractivity contribution is -0.127. The van der Waals surface area contributed by atoms with Crippen molar-refractivity contribution >= 4 is 17.6 Å². The van der Waals surface area contributed by atoms with Gasteiger partial charge in [-0.15, -0.1) is 0 Å². The molecule has 35 heavy (non-hydrogen) atoms. The molecule has 0 saturated carbocycles. The number of carbonyl (C=O) groups excluding carboxylic acids is 2. The molecule has 0 saturated heterocycles. The Labute approximate surface area is 205 Å². The van der Waals surface area contributed by atoms with Crippen LogP contribution in [0.5, 0.6) is 11.5 Å². The molecule has 3 aromatic rings. The van der Waals surface area contributed by atoms with Crippen molar-refractivity contribution < 1.29 is 23.8 Å². The standard InChI is InChI=1S/C28H30N2O5/c1-2-33-28(32)23-8-4-3-7-21(23)19-30-24-9-5-6-10-25(24)35-26(27(30)31)16-18-34-22-13-11-20(12-14-22)15-17-29/h3-14,26H,2,15-19,29H2,1H3. The number of para-hydroxylation sites is 2. The Kier molecular flexibility index (Phi) is 8.00. The summed E-state index contributed by atoms with van der Waals surface area (Å²) < 4.78 is 17.1. The predicted molar refractivity (Wildman–Crippen MR) is 134 cm³/mol. The average Bonchev–Trinajstić information content (AvgIpc) is 2.88. The van der Waals surface area contributed by atoms with Gasteiger partial charge in [-0.2, -0.15) is 0 Å². The molecule has 1 unspecified atom stereocenters. The van der Waals surface area contributed by atoms with Gasteiger partial charge in [0.25, 0.3) is 5.91 Å². The summed E-state index contributed by atoms with van der Waals surface area (Å²) in [6, 6.07) is 22.4. The van der Waals surface area contributed by atoms with E-state index in [-0.39, 0.29) is 19.1 Å². The van der Waals surface area contributed by atoms with Crippen LogP contribution >= 0.6 is 0 Å². The van der Waals surface area contributed by atoms with Crippen LogP contribution in [0.15, 0.2) is 72.8 Å². The Morgan fingerprint density at radius 1 is 1.03 bits per heavy atom. The maximum Gasteiger partial charge on any atom is 0.338 e. The van der Waals surface area contributed by atoms with Crippen molar-refractivity contribution in [3.05, 3.63) is 89.5 Å². The number of hydrogen-bond acceptors (Lipinski definition) is 6. The molecule has 182 valence electrons. The van der Waals surface area contributed by atoms with Gasteiger partial charge >= 0.3 is 5.97 Å². The van der Waals surface area contributed by atoms with Gasteiger partial charge in [-0.1, -0.05) is 42.5 Å². The summed E-state index contributed by atoms with van der Waals surface area (Å²) in [5.41, 5.74) is 8.58. The minimum atomic E-state index is -0.698. The Bertz CT molecular complexity index is 1160. The molecule has 1 aliphatic rings. The number of nitrogens with zero attached hydrogens (tertiary/aromatic N) is 1. The lowest BCUT2D eigenvalue weighted by Crippen LogP contribution is -2.46. The highest BCUT2D eigenvalue weighted by molar-refractivity contribution is 6.00. The van der Waals surface area contributed by atoms with Crippen molar-refractivity contribution in [1.29, 1.82) is 0 Å². The quantitative estimate of drug-likeness (QED) is 0.445. The first-order valence-electron chi connectivity index (χ1n) is 11.8. The number of benzene rings is 3. The summed E-state index contributed by atoms with van der Waals surface area (Å²) in [7, 11) is 0. The van der Waals surface area contributed by atoms with Crippen LogP contribution in [0.3, 0.4) is 0 Å². The van der Waals surface area contributed by atoms with Gasteiger partial charge in [0.2, 0.25) is 0 Å². The number of fused-ring (bicyclic) bond motifs is 1. The molecular weight excluding hydrogens is 444 g/mol. The van der Waals surface area contributed by atoms with Crippen molar-refractivity contribution in [3.8, 4) is 11.5 Å². The SMILES string of the molecule is CCOC(=O)c1ccccc1CN1C(=O)C(CCOc2ccc(CCN)cc2)Oc2ccccc21. The topological polar surface area (TPSA) is 91.1 Å². The number of ether oxygens (including phenoxy) is 3. The summed E-state index contributed by atoms with van der Waals surface area (Å²) in [6.45, 7) is 3.20. The normalized spacial score (nSPS) is 14.7. The number of esters is 1. The molecule has 0 aliphatic carbocycles. The van der Waals surface area contributed by atoms with Gasteiger partial charge in [-0.25, -0.2) is 4.79 Å². The minimum absolute atomic E-state index is 0.177. The van der Waals surface area contributed by atoms with Crippen LogP contribution in [-0.4, -0.2) is 37.7 Å². The molecule has 1 aliphatic heterocycles. The molecule has 1 atom stereocenters. The lowest BCUT2D eigenvalue weighted by atomic mass is 10.0. The molecule has 0 radical (unpaired) electrons. The maximum atomic E-state index is 13.5.